The third-order valence-corrected chi connectivity index (χ3v) is 0. The summed E-state index contributed by atoms with van der Waals surface area (Å²) in [5.41, 5.74) is 0. The topological polar surface area (TPSA) is 40.5 Å². The summed E-state index contributed by atoms with van der Waals surface area (Å²) in [6.07, 6.45) is 0. The summed E-state index contributed by atoms with van der Waals surface area (Å²) in [6.45, 7) is 0. The molecule has 0 heterocycles. The van der Waals surface area contributed by atoms with Crippen molar-refractivity contribution in [3.8, 4) is 0 Å². The molecule has 0 unspecified atom stereocenters. The summed E-state index contributed by atoms with van der Waals surface area (Å²) in [5.74, 6) is 0. The van der Waals surface area contributed by atoms with Gasteiger partial charge in [0.15, 0.2) is 0 Å². The van der Waals surface area contributed by atoms with Crippen LogP contribution in [-0.4, -0.2) is 24.4 Å². The Morgan fingerprint density at radius 3 is 0.800 bits per heavy atom. The largest absolute Gasteiger partial charge is 0.400 e. The number of aliphatic hydroxyl groups excluding tert-OH is 2. The van der Waals surface area contributed by atoms with Crippen LogP contribution in [0.4, 0.5) is 0 Å². The zero-order valence-electron chi connectivity index (χ0n) is 3.21. The summed E-state index contributed by atoms with van der Waals surface area (Å²) in [5, 5.41) is 14.0. The zero-order chi connectivity index (χ0) is 4.00. The molecule has 2 nitrogen and oxygen atoms in total. The van der Waals surface area contributed by atoms with Crippen LogP contribution in [0.3, 0.4) is 0 Å². The Labute approximate surface area is 62.2 Å². The Morgan fingerprint density at radius 1 is 0.800 bits per heavy atom. The van der Waals surface area contributed by atoms with Gasteiger partial charge in [0, 0.05) is 52.4 Å². The standard InChI is InChI=1S/2CH4O.Dy/c2*1-2;/h2*2H,1H3;. The van der Waals surface area contributed by atoms with Crippen LogP contribution in [0.15, 0.2) is 0 Å². The van der Waals surface area contributed by atoms with E-state index in [1.165, 1.54) is 0 Å². The fourth-order valence-corrected chi connectivity index (χ4v) is 0. The van der Waals surface area contributed by atoms with Crippen LogP contribution in [0, 0.1) is 38.2 Å². The van der Waals surface area contributed by atoms with Crippen molar-refractivity contribution in [2.75, 3.05) is 14.2 Å². The molecule has 3 heteroatoms. The molecule has 0 rings (SSSR count). The van der Waals surface area contributed by atoms with Gasteiger partial charge in [-0.15, -0.1) is 0 Å². The second-order valence-electron chi connectivity index (χ2n) is 0. The van der Waals surface area contributed by atoms with Crippen LogP contribution in [0.25, 0.3) is 0 Å². The van der Waals surface area contributed by atoms with Gasteiger partial charge in [0.2, 0.25) is 0 Å². The van der Waals surface area contributed by atoms with Crippen LogP contribution in [0.1, 0.15) is 0 Å². The van der Waals surface area contributed by atoms with Gasteiger partial charge in [0.1, 0.15) is 0 Å². The van der Waals surface area contributed by atoms with Crippen molar-refractivity contribution in [2.24, 2.45) is 0 Å². The smallest absolute Gasteiger partial charge is 0.0319 e. The quantitative estimate of drug-likeness (QED) is 0.569. The van der Waals surface area contributed by atoms with Crippen molar-refractivity contribution >= 4 is 0 Å². The van der Waals surface area contributed by atoms with E-state index in [1.807, 2.05) is 0 Å². The number of hydrogen-bond acceptors (Lipinski definition) is 2. The molecule has 0 amide bonds. The first-order chi connectivity index (χ1) is 2.00. The Morgan fingerprint density at radius 2 is 0.800 bits per heavy atom. The van der Waals surface area contributed by atoms with E-state index in [2.05, 4.69) is 0 Å². The Balaban J connectivity index is -0.0000000133. The Hall–Kier alpha value is 1.19. The molecule has 38 valence electrons. The monoisotopic (exact) mass is 228 g/mol. The van der Waals surface area contributed by atoms with E-state index in [0.29, 0.717) is 0 Å². The predicted molar refractivity (Wildman–Crippen MR) is 16.3 cm³/mol. The second kappa shape index (κ2) is 64.2. The molecule has 0 bridgehead atoms. The van der Waals surface area contributed by atoms with Gasteiger partial charge < -0.3 is 10.2 Å². The fraction of sp³-hybridized carbons (Fsp3) is 1.00. The maximum Gasteiger partial charge on any atom is 0.0319 e. The molecule has 0 aromatic carbocycles. The normalized spacial score (nSPS) is 2.40. The molecule has 0 saturated heterocycles. The van der Waals surface area contributed by atoms with Crippen LogP contribution < -0.4 is 0 Å². The van der Waals surface area contributed by atoms with Gasteiger partial charge in [0.25, 0.3) is 0 Å². The maximum absolute atomic E-state index is 7.00. The third-order valence-electron chi connectivity index (χ3n) is 0. The van der Waals surface area contributed by atoms with Gasteiger partial charge in [-0.2, -0.15) is 0 Å². The first-order valence-corrected chi connectivity index (χ1v) is 0.894. The van der Waals surface area contributed by atoms with Crippen molar-refractivity contribution in [1.82, 2.24) is 0 Å². The van der Waals surface area contributed by atoms with Crippen molar-refractivity contribution in [2.45, 2.75) is 0 Å². The summed E-state index contributed by atoms with van der Waals surface area (Å²) in [6, 6.07) is 0. The Bertz CT molecular complexity index is 7.61. The number of rotatable bonds is 0. The van der Waals surface area contributed by atoms with Crippen molar-refractivity contribution < 1.29 is 48.4 Å². The average molecular weight is 227 g/mol. The van der Waals surface area contributed by atoms with Crippen molar-refractivity contribution in [1.29, 1.82) is 0 Å². The molecular weight excluding hydrogens is 219 g/mol. The molecule has 0 saturated carbocycles. The maximum atomic E-state index is 7.00. The van der Waals surface area contributed by atoms with E-state index >= 15 is 0 Å². The second-order valence-corrected chi connectivity index (χ2v) is 0. The molecule has 0 aromatic rings. The first-order valence-electron chi connectivity index (χ1n) is 0.894. The molecular formula is C2H8DyO2. The molecule has 0 aliphatic heterocycles. The van der Waals surface area contributed by atoms with Gasteiger partial charge in [-0.05, 0) is 0 Å². The fourth-order valence-electron chi connectivity index (χ4n) is 0. The molecule has 0 fully saturated rings. The average Bonchev–Trinajstić information content (AvgIpc) is 1.50. The van der Waals surface area contributed by atoms with Crippen molar-refractivity contribution in [3.05, 3.63) is 0 Å². The SMILES string of the molecule is CO.CO.[Dy]. The summed E-state index contributed by atoms with van der Waals surface area (Å²) < 4.78 is 0. The van der Waals surface area contributed by atoms with Crippen LogP contribution in [-0.2, 0) is 0 Å². The molecule has 0 aliphatic rings. The van der Waals surface area contributed by atoms with E-state index in [-0.39, 0.29) is 38.2 Å². The zero-order valence-corrected chi connectivity index (χ0v) is 5.24. The Kier molecular flexibility index (Phi) is 210. The van der Waals surface area contributed by atoms with Gasteiger partial charge >= 0.3 is 0 Å². The molecule has 0 spiro atoms. The molecule has 0 atom stereocenters. The van der Waals surface area contributed by atoms with Gasteiger partial charge in [-0.25, -0.2) is 0 Å². The van der Waals surface area contributed by atoms with E-state index in [9.17, 15) is 0 Å². The minimum absolute atomic E-state index is 0. The van der Waals surface area contributed by atoms with Gasteiger partial charge in [-0.1, -0.05) is 0 Å². The summed E-state index contributed by atoms with van der Waals surface area (Å²) in [4.78, 5) is 0. The van der Waals surface area contributed by atoms with E-state index in [1.54, 1.807) is 0 Å². The van der Waals surface area contributed by atoms with Gasteiger partial charge in [-0.3, -0.25) is 0 Å². The summed E-state index contributed by atoms with van der Waals surface area (Å²) in [7, 11) is 2.00. The van der Waals surface area contributed by atoms with Crippen LogP contribution >= 0.6 is 0 Å². The van der Waals surface area contributed by atoms with Gasteiger partial charge in [0.05, 0.1) is 0 Å². The van der Waals surface area contributed by atoms with Crippen LogP contribution in [0.5, 0.6) is 0 Å². The predicted octanol–water partition coefficient (Wildman–Crippen LogP) is -0.783. The third kappa shape index (κ3) is 37.2. The van der Waals surface area contributed by atoms with E-state index < -0.39 is 0 Å². The molecule has 0 aliphatic carbocycles. The molecule has 5 heavy (non-hydrogen) atoms. The summed E-state index contributed by atoms with van der Waals surface area (Å²) >= 11 is 0. The molecule has 0 radical (unpaired) electrons. The van der Waals surface area contributed by atoms with E-state index in [0.717, 1.165) is 14.2 Å². The minimum atomic E-state index is 0. The number of hydrogen-bond donors (Lipinski definition) is 2. The first kappa shape index (κ1) is 16.4. The molecule has 0 aromatic heterocycles. The minimum Gasteiger partial charge on any atom is -0.400 e. The van der Waals surface area contributed by atoms with E-state index in [4.69, 9.17) is 10.2 Å². The van der Waals surface area contributed by atoms with Crippen LogP contribution in [0.2, 0.25) is 0 Å². The van der Waals surface area contributed by atoms with Crippen molar-refractivity contribution in [3.63, 3.8) is 0 Å². The molecule has 2 N–H and O–H groups in total. The number of aliphatic hydroxyl groups is 2.